The first-order valence-corrected chi connectivity index (χ1v) is 5.94. The van der Waals surface area contributed by atoms with E-state index in [0.717, 1.165) is 35.0 Å². The summed E-state index contributed by atoms with van der Waals surface area (Å²) in [5.41, 5.74) is 7.65. The van der Waals surface area contributed by atoms with Crippen molar-refractivity contribution in [3.8, 4) is 11.3 Å². The number of imidazole rings is 1. The number of hydrogen-bond acceptors (Lipinski definition) is 3. The van der Waals surface area contributed by atoms with Gasteiger partial charge >= 0.3 is 0 Å². The molecule has 2 aromatic rings. The summed E-state index contributed by atoms with van der Waals surface area (Å²) >= 11 is 0. The van der Waals surface area contributed by atoms with E-state index < -0.39 is 0 Å². The second kappa shape index (κ2) is 4.75. The van der Waals surface area contributed by atoms with Crippen molar-refractivity contribution in [2.75, 3.05) is 6.54 Å². The summed E-state index contributed by atoms with van der Waals surface area (Å²) in [4.78, 5) is 7.75. The molecule has 0 aliphatic carbocycles. The number of aromatic nitrogens is 2. The van der Waals surface area contributed by atoms with Crippen molar-refractivity contribution in [3.05, 3.63) is 29.6 Å². The van der Waals surface area contributed by atoms with Crippen LogP contribution < -0.4 is 5.73 Å². The molecular weight excluding hydrogens is 214 g/mol. The molecule has 0 fully saturated rings. The van der Waals surface area contributed by atoms with Crippen LogP contribution in [-0.2, 0) is 0 Å². The summed E-state index contributed by atoms with van der Waals surface area (Å²) in [6.45, 7) is 6.72. The molecule has 4 nitrogen and oxygen atoms in total. The molecule has 0 saturated carbocycles. The monoisotopic (exact) mass is 233 g/mol. The molecule has 0 spiro atoms. The molecule has 1 unspecified atom stereocenters. The van der Waals surface area contributed by atoms with Gasteiger partial charge in [-0.1, -0.05) is 6.92 Å². The number of nitrogens with one attached hydrogen (secondary N) is 1. The van der Waals surface area contributed by atoms with Crippen LogP contribution in [0.3, 0.4) is 0 Å². The van der Waals surface area contributed by atoms with Crippen molar-refractivity contribution < 1.29 is 4.42 Å². The third kappa shape index (κ3) is 2.42. The van der Waals surface area contributed by atoms with Gasteiger partial charge in [-0.15, -0.1) is 0 Å². The van der Waals surface area contributed by atoms with Crippen LogP contribution in [0.2, 0.25) is 0 Å². The summed E-state index contributed by atoms with van der Waals surface area (Å²) in [7, 11) is 0. The molecule has 0 radical (unpaired) electrons. The fourth-order valence-electron chi connectivity index (χ4n) is 2.01. The van der Waals surface area contributed by atoms with E-state index in [0.29, 0.717) is 12.5 Å². The molecule has 0 amide bonds. The van der Waals surface area contributed by atoms with Crippen LogP contribution in [0, 0.1) is 13.8 Å². The van der Waals surface area contributed by atoms with E-state index >= 15 is 0 Å². The van der Waals surface area contributed by atoms with Gasteiger partial charge in [-0.25, -0.2) is 4.98 Å². The van der Waals surface area contributed by atoms with E-state index in [-0.39, 0.29) is 0 Å². The molecule has 2 rings (SSSR count). The molecule has 0 saturated heterocycles. The van der Waals surface area contributed by atoms with Crippen LogP contribution in [0.25, 0.3) is 11.3 Å². The molecule has 0 bridgehead atoms. The van der Waals surface area contributed by atoms with Gasteiger partial charge in [-0.2, -0.15) is 0 Å². The smallest absolute Gasteiger partial charge is 0.110 e. The van der Waals surface area contributed by atoms with E-state index in [2.05, 4.69) is 16.9 Å². The van der Waals surface area contributed by atoms with Gasteiger partial charge in [0.1, 0.15) is 17.3 Å². The highest BCUT2D eigenvalue weighted by atomic mass is 16.3. The SMILES string of the molecule is Cc1cc(-c2cnc(C(C)CCN)[nH]2)c(C)o1. The Morgan fingerprint density at radius 3 is 2.82 bits per heavy atom. The van der Waals surface area contributed by atoms with Crippen molar-refractivity contribution in [3.63, 3.8) is 0 Å². The van der Waals surface area contributed by atoms with Crippen molar-refractivity contribution in [2.24, 2.45) is 5.73 Å². The molecule has 3 N–H and O–H groups in total. The number of aromatic amines is 1. The Kier molecular flexibility index (Phi) is 3.33. The van der Waals surface area contributed by atoms with E-state index in [1.54, 1.807) is 0 Å². The largest absolute Gasteiger partial charge is 0.466 e. The minimum Gasteiger partial charge on any atom is -0.466 e. The zero-order valence-corrected chi connectivity index (χ0v) is 10.6. The average Bonchev–Trinajstić information content (AvgIpc) is 2.85. The number of nitrogens with two attached hydrogens (primary N) is 1. The Morgan fingerprint density at radius 1 is 1.47 bits per heavy atom. The molecule has 1 atom stereocenters. The van der Waals surface area contributed by atoms with Gasteiger partial charge in [0.05, 0.1) is 11.9 Å². The van der Waals surface area contributed by atoms with E-state index in [1.165, 1.54) is 0 Å². The Morgan fingerprint density at radius 2 is 2.24 bits per heavy atom. The lowest BCUT2D eigenvalue weighted by Gasteiger charge is -2.05. The predicted octanol–water partition coefficient (Wildman–Crippen LogP) is 2.74. The fourth-order valence-corrected chi connectivity index (χ4v) is 2.01. The zero-order chi connectivity index (χ0) is 12.4. The lowest BCUT2D eigenvalue weighted by atomic mass is 10.1. The number of H-pyrrole nitrogens is 1. The van der Waals surface area contributed by atoms with Gasteiger partial charge in [0.15, 0.2) is 0 Å². The summed E-state index contributed by atoms with van der Waals surface area (Å²) in [5.74, 6) is 3.19. The topological polar surface area (TPSA) is 67.8 Å². The fraction of sp³-hybridized carbons (Fsp3) is 0.462. The normalized spacial score (nSPS) is 12.9. The molecule has 4 heteroatoms. The first-order valence-electron chi connectivity index (χ1n) is 5.94. The van der Waals surface area contributed by atoms with Crippen LogP contribution in [-0.4, -0.2) is 16.5 Å². The minimum absolute atomic E-state index is 0.363. The number of rotatable bonds is 4. The number of aryl methyl sites for hydroxylation is 2. The standard InChI is InChI=1S/C13H19N3O/c1-8(4-5-14)13-15-7-12(16-13)11-6-9(2)17-10(11)3/h6-8H,4-5,14H2,1-3H3,(H,15,16). The highest BCUT2D eigenvalue weighted by Gasteiger charge is 2.13. The Balaban J connectivity index is 2.26. The maximum absolute atomic E-state index is 5.56. The lowest BCUT2D eigenvalue weighted by molar-refractivity contribution is 0.505. The maximum Gasteiger partial charge on any atom is 0.110 e. The highest BCUT2D eigenvalue weighted by Crippen LogP contribution is 2.26. The minimum atomic E-state index is 0.363. The maximum atomic E-state index is 5.56. The van der Waals surface area contributed by atoms with Gasteiger partial charge < -0.3 is 15.1 Å². The van der Waals surface area contributed by atoms with Crippen LogP contribution >= 0.6 is 0 Å². The van der Waals surface area contributed by atoms with E-state index in [9.17, 15) is 0 Å². The third-order valence-electron chi connectivity index (χ3n) is 2.99. The Labute approximate surface area is 101 Å². The van der Waals surface area contributed by atoms with Gasteiger partial charge in [0, 0.05) is 11.5 Å². The van der Waals surface area contributed by atoms with Gasteiger partial charge in [0.2, 0.25) is 0 Å². The molecule has 0 aliphatic heterocycles. The molecule has 92 valence electrons. The van der Waals surface area contributed by atoms with Crippen molar-refractivity contribution in [1.82, 2.24) is 9.97 Å². The molecular formula is C13H19N3O. The zero-order valence-electron chi connectivity index (χ0n) is 10.6. The predicted molar refractivity (Wildman–Crippen MR) is 67.9 cm³/mol. The molecule has 0 aromatic carbocycles. The van der Waals surface area contributed by atoms with Crippen LogP contribution in [0.1, 0.15) is 36.6 Å². The van der Waals surface area contributed by atoms with Gasteiger partial charge in [0.25, 0.3) is 0 Å². The van der Waals surface area contributed by atoms with Crippen LogP contribution in [0.15, 0.2) is 16.7 Å². The molecule has 2 aromatic heterocycles. The molecule has 0 aliphatic rings. The summed E-state index contributed by atoms with van der Waals surface area (Å²) in [5, 5.41) is 0. The summed E-state index contributed by atoms with van der Waals surface area (Å²) in [6.07, 6.45) is 2.80. The third-order valence-corrected chi connectivity index (χ3v) is 2.99. The lowest BCUT2D eigenvalue weighted by Crippen LogP contribution is -2.05. The van der Waals surface area contributed by atoms with Crippen molar-refractivity contribution in [1.29, 1.82) is 0 Å². The van der Waals surface area contributed by atoms with Crippen molar-refractivity contribution >= 4 is 0 Å². The highest BCUT2D eigenvalue weighted by molar-refractivity contribution is 5.61. The Hall–Kier alpha value is -1.55. The van der Waals surface area contributed by atoms with Crippen LogP contribution in [0.5, 0.6) is 0 Å². The second-order valence-electron chi connectivity index (χ2n) is 4.49. The van der Waals surface area contributed by atoms with Gasteiger partial charge in [-0.3, -0.25) is 0 Å². The summed E-state index contributed by atoms with van der Waals surface area (Å²) < 4.78 is 5.52. The second-order valence-corrected chi connectivity index (χ2v) is 4.49. The van der Waals surface area contributed by atoms with Crippen molar-refractivity contribution in [2.45, 2.75) is 33.1 Å². The van der Waals surface area contributed by atoms with Crippen LogP contribution in [0.4, 0.5) is 0 Å². The number of nitrogens with zero attached hydrogens (tertiary/aromatic N) is 1. The number of hydrogen-bond donors (Lipinski definition) is 2. The van der Waals surface area contributed by atoms with Gasteiger partial charge in [-0.05, 0) is 32.9 Å². The molecule has 2 heterocycles. The average molecular weight is 233 g/mol. The summed E-state index contributed by atoms with van der Waals surface area (Å²) in [6, 6.07) is 2.03. The van der Waals surface area contributed by atoms with E-state index in [1.807, 2.05) is 26.1 Å². The first-order chi connectivity index (χ1) is 8.11. The quantitative estimate of drug-likeness (QED) is 0.853. The number of furan rings is 1. The molecule has 17 heavy (non-hydrogen) atoms. The van der Waals surface area contributed by atoms with E-state index in [4.69, 9.17) is 10.2 Å². The first kappa shape index (κ1) is 11.9. The Bertz CT molecular complexity index is 498.